The van der Waals surface area contributed by atoms with Crippen molar-refractivity contribution in [2.75, 3.05) is 6.66 Å². The smallest absolute Gasteiger partial charge is 0.222 e. The molecule has 0 saturated carbocycles. The van der Waals surface area contributed by atoms with E-state index in [2.05, 4.69) is 6.58 Å². The van der Waals surface area contributed by atoms with Crippen LogP contribution in [0, 0.1) is 0 Å². The summed E-state index contributed by atoms with van der Waals surface area (Å²) in [5, 5.41) is 0.500. The third kappa shape index (κ3) is 3.65. The molecule has 58 valence electrons. The summed E-state index contributed by atoms with van der Waals surface area (Å²) in [7, 11) is -3.01. The van der Waals surface area contributed by atoms with Gasteiger partial charge in [0.25, 0.3) is 0 Å². The summed E-state index contributed by atoms with van der Waals surface area (Å²) in [6.45, 7) is 8.35. The van der Waals surface area contributed by atoms with Gasteiger partial charge in [-0.3, -0.25) is 4.57 Å². The highest BCUT2D eigenvalue weighted by Gasteiger charge is 2.10. The summed E-state index contributed by atoms with van der Waals surface area (Å²) in [5.74, 6) is 0. The van der Waals surface area contributed by atoms with Gasteiger partial charge in [0.05, 0.1) is 0 Å². The van der Waals surface area contributed by atoms with Crippen molar-refractivity contribution < 1.29 is 9.46 Å². The van der Waals surface area contributed by atoms with Gasteiger partial charge >= 0.3 is 0 Å². The van der Waals surface area contributed by atoms with Crippen LogP contribution in [0.15, 0.2) is 23.5 Å². The van der Waals surface area contributed by atoms with Crippen molar-refractivity contribution >= 4 is 7.37 Å². The average Bonchev–Trinajstić information content (AvgIpc) is 1.60. The molecule has 0 aliphatic heterocycles. The summed E-state index contributed by atoms with van der Waals surface area (Å²) in [4.78, 5) is 8.98. The van der Waals surface area contributed by atoms with Crippen molar-refractivity contribution in [2.24, 2.45) is 0 Å². The van der Waals surface area contributed by atoms with Crippen LogP contribution in [-0.2, 0) is 4.57 Å². The van der Waals surface area contributed by atoms with Gasteiger partial charge < -0.3 is 4.89 Å². The van der Waals surface area contributed by atoms with E-state index in [1.165, 1.54) is 6.66 Å². The Bertz CT molecular complexity index is 210. The van der Waals surface area contributed by atoms with E-state index in [1.54, 1.807) is 19.9 Å². The van der Waals surface area contributed by atoms with E-state index in [0.29, 0.717) is 5.31 Å². The van der Waals surface area contributed by atoms with E-state index in [9.17, 15) is 4.57 Å². The summed E-state index contributed by atoms with van der Waals surface area (Å²) >= 11 is 0. The Morgan fingerprint density at radius 1 is 1.60 bits per heavy atom. The quantitative estimate of drug-likeness (QED) is 0.497. The topological polar surface area (TPSA) is 37.3 Å². The van der Waals surface area contributed by atoms with Crippen LogP contribution in [0.5, 0.6) is 0 Å². The molecule has 0 amide bonds. The molecule has 1 atom stereocenters. The number of hydrogen-bond acceptors (Lipinski definition) is 1. The Hall–Kier alpha value is -0.330. The maximum Gasteiger partial charge on any atom is 0.222 e. The Morgan fingerprint density at radius 3 is 2.10 bits per heavy atom. The lowest BCUT2D eigenvalue weighted by Crippen LogP contribution is -1.78. The summed E-state index contributed by atoms with van der Waals surface area (Å²) in [5.41, 5.74) is 0.800. The van der Waals surface area contributed by atoms with Gasteiger partial charge in [-0.1, -0.05) is 18.2 Å². The van der Waals surface area contributed by atoms with Gasteiger partial charge in [-0.05, 0) is 13.8 Å². The lowest BCUT2D eigenvalue weighted by Gasteiger charge is -2.03. The zero-order valence-electron chi connectivity index (χ0n) is 6.59. The third-order valence-corrected chi connectivity index (χ3v) is 2.55. The second kappa shape index (κ2) is 3.18. The Balaban J connectivity index is 4.52. The molecular weight excluding hydrogens is 147 g/mol. The van der Waals surface area contributed by atoms with Gasteiger partial charge in [0, 0.05) is 12.0 Å². The minimum atomic E-state index is -3.01. The van der Waals surface area contributed by atoms with Crippen LogP contribution < -0.4 is 0 Å². The summed E-state index contributed by atoms with van der Waals surface area (Å²) in [6, 6.07) is 0. The maximum atomic E-state index is 10.9. The molecule has 2 nitrogen and oxygen atoms in total. The van der Waals surface area contributed by atoms with Crippen molar-refractivity contribution in [1.29, 1.82) is 0 Å². The lowest BCUT2D eigenvalue weighted by molar-refractivity contribution is 0.492. The zero-order valence-corrected chi connectivity index (χ0v) is 7.48. The van der Waals surface area contributed by atoms with Crippen molar-refractivity contribution in [3.63, 3.8) is 0 Å². The summed E-state index contributed by atoms with van der Waals surface area (Å²) < 4.78 is 10.9. The highest BCUT2D eigenvalue weighted by atomic mass is 31.2. The Morgan fingerprint density at radius 2 is 2.00 bits per heavy atom. The van der Waals surface area contributed by atoms with E-state index in [4.69, 9.17) is 4.89 Å². The molecule has 0 aromatic rings. The highest BCUT2D eigenvalue weighted by Crippen LogP contribution is 2.45. The second-order valence-electron chi connectivity index (χ2n) is 2.51. The van der Waals surface area contributed by atoms with E-state index in [1.807, 2.05) is 0 Å². The highest BCUT2D eigenvalue weighted by molar-refractivity contribution is 7.61. The van der Waals surface area contributed by atoms with Crippen LogP contribution in [0.25, 0.3) is 0 Å². The van der Waals surface area contributed by atoms with Gasteiger partial charge in [0.2, 0.25) is 7.37 Å². The van der Waals surface area contributed by atoms with Crippen LogP contribution in [0.3, 0.4) is 0 Å². The standard InChI is InChI=1S/C7H13O2P/c1-6(2)5-7(3)10(4,8)9/h5H,1H2,2-4H3,(H,8,9)/b7-5-. The SMILES string of the molecule is C=C(C)/C=C(/C)P(C)(=O)O. The molecule has 0 rings (SSSR count). The molecule has 0 saturated heterocycles. The largest absolute Gasteiger partial charge is 0.341 e. The maximum absolute atomic E-state index is 10.9. The number of rotatable bonds is 2. The zero-order chi connectivity index (χ0) is 8.36. The molecule has 0 aromatic carbocycles. The number of hydrogen-bond donors (Lipinski definition) is 1. The van der Waals surface area contributed by atoms with E-state index >= 15 is 0 Å². The Kier molecular flexibility index (Phi) is 3.07. The van der Waals surface area contributed by atoms with Gasteiger partial charge in [0.15, 0.2) is 0 Å². The van der Waals surface area contributed by atoms with Gasteiger partial charge in [0.1, 0.15) is 0 Å². The van der Waals surface area contributed by atoms with Crippen molar-refractivity contribution in [3.05, 3.63) is 23.5 Å². The molecule has 1 N–H and O–H groups in total. The van der Waals surface area contributed by atoms with E-state index in [-0.39, 0.29) is 0 Å². The fourth-order valence-corrected chi connectivity index (χ4v) is 0.936. The van der Waals surface area contributed by atoms with Crippen molar-refractivity contribution in [2.45, 2.75) is 13.8 Å². The van der Waals surface area contributed by atoms with Crippen LogP contribution >= 0.6 is 7.37 Å². The minimum absolute atomic E-state index is 0.500. The fourth-order valence-electron chi connectivity index (χ4n) is 0.476. The van der Waals surface area contributed by atoms with Gasteiger partial charge in [-0.15, -0.1) is 0 Å². The molecule has 0 fully saturated rings. The van der Waals surface area contributed by atoms with Crippen LogP contribution in [-0.4, -0.2) is 11.6 Å². The van der Waals surface area contributed by atoms with Crippen molar-refractivity contribution in [3.8, 4) is 0 Å². The molecule has 0 aromatic heterocycles. The van der Waals surface area contributed by atoms with E-state index < -0.39 is 7.37 Å². The Labute approximate surface area is 61.7 Å². The predicted molar refractivity (Wildman–Crippen MR) is 44.3 cm³/mol. The molecule has 0 heterocycles. The first-order valence-electron chi connectivity index (χ1n) is 2.98. The average molecular weight is 160 g/mol. The molecule has 3 heteroatoms. The third-order valence-electron chi connectivity index (χ3n) is 1.11. The van der Waals surface area contributed by atoms with Crippen LogP contribution in [0.2, 0.25) is 0 Å². The van der Waals surface area contributed by atoms with E-state index in [0.717, 1.165) is 5.57 Å². The number of allylic oxidation sites excluding steroid dienone is 3. The molecule has 0 spiro atoms. The minimum Gasteiger partial charge on any atom is -0.341 e. The fraction of sp³-hybridized carbons (Fsp3) is 0.429. The second-order valence-corrected chi connectivity index (χ2v) is 4.97. The first kappa shape index (κ1) is 9.67. The molecule has 0 radical (unpaired) electrons. The van der Waals surface area contributed by atoms with Crippen LogP contribution in [0.4, 0.5) is 0 Å². The predicted octanol–water partition coefficient (Wildman–Crippen LogP) is 2.37. The van der Waals surface area contributed by atoms with Gasteiger partial charge in [-0.2, -0.15) is 0 Å². The van der Waals surface area contributed by atoms with Crippen molar-refractivity contribution in [1.82, 2.24) is 0 Å². The first-order chi connectivity index (χ1) is 4.34. The normalized spacial score (nSPS) is 18.2. The van der Waals surface area contributed by atoms with Crippen LogP contribution in [0.1, 0.15) is 13.8 Å². The molecule has 0 aliphatic carbocycles. The molecule has 0 bridgehead atoms. The monoisotopic (exact) mass is 160 g/mol. The summed E-state index contributed by atoms with van der Waals surface area (Å²) in [6.07, 6.45) is 1.63. The van der Waals surface area contributed by atoms with Gasteiger partial charge in [-0.25, -0.2) is 0 Å². The molecule has 10 heavy (non-hydrogen) atoms. The molecule has 1 unspecified atom stereocenters. The lowest BCUT2D eigenvalue weighted by atomic mass is 10.3. The molecular formula is C7H13O2P. The molecule has 0 aliphatic rings. The first-order valence-corrected chi connectivity index (χ1v) is 5.09.